The topological polar surface area (TPSA) is 468 Å². The van der Waals surface area contributed by atoms with E-state index in [2.05, 4.69) is 21.3 Å². The number of allylic oxidation sites excluding steroid dienone is 8. The van der Waals surface area contributed by atoms with E-state index in [1.165, 1.54) is 101 Å². The molecule has 8 rings (SSSR count). The van der Waals surface area contributed by atoms with Crippen LogP contribution in [0.5, 0.6) is 0 Å². The van der Waals surface area contributed by atoms with Crippen molar-refractivity contribution in [1.82, 2.24) is 21.3 Å². The van der Waals surface area contributed by atoms with E-state index in [0.717, 1.165) is 0 Å². The highest BCUT2D eigenvalue weighted by atomic mass is 16.6. The van der Waals surface area contributed by atoms with E-state index >= 15 is 0 Å². The quantitative estimate of drug-likeness (QED) is 0.0116. The molecule has 4 aromatic carbocycles. The number of ether oxygens (including phenoxy) is 12. The minimum Gasteiger partial charge on any atom is -0.460 e. The maximum Gasteiger partial charge on any atom is 0.337 e. The molecule has 36 nitrogen and oxygen atoms in total. The fourth-order valence-electron chi connectivity index (χ4n) is 13.0. The van der Waals surface area contributed by atoms with Crippen molar-refractivity contribution < 1.29 is 115 Å². The number of non-ortho nitro benzene ring substituents is 4. The van der Waals surface area contributed by atoms with Gasteiger partial charge in [-0.15, -0.1) is 0 Å². The molecular weight excluding hydrogens is 1570 g/mol. The summed E-state index contributed by atoms with van der Waals surface area (Å²) in [6.07, 6.45) is -1.53. The van der Waals surface area contributed by atoms with E-state index in [0.29, 0.717) is 67.8 Å². The lowest BCUT2D eigenvalue weighted by Gasteiger charge is -2.30. The Hall–Kier alpha value is -12.8. The first kappa shape index (κ1) is 97.8. The SMILES string of the molecule is COCCOC(=O)C1=C(C)NC(C)=C(C(=O)OC(C)C)C1c1cccc([N+](=O)[O-])c1.COCCOC(=O)C1=C(C)NC(C)=C(C(=O)OC(C)C)C1c1cccc([N+](=O)[O-])c1.COCCOC(=O)C1=C(C)NC(C)=C(C(=O)OC(C)C)C1c1cccc([N+](=O)[O-])c1.COCCOC(=O)C1=C(C)NC(C)=C(C(=O)OC(C)C)C1c1cccc([N+](=O)[O-])c1. The van der Waals surface area contributed by atoms with E-state index in [1.54, 1.807) is 135 Å². The van der Waals surface area contributed by atoms with Crippen LogP contribution in [-0.4, -0.2) is 173 Å². The van der Waals surface area contributed by atoms with Crippen molar-refractivity contribution >= 4 is 70.5 Å². The summed E-state index contributed by atoms with van der Waals surface area (Å²) in [5, 5.41) is 57.3. The van der Waals surface area contributed by atoms with Gasteiger partial charge in [-0.1, -0.05) is 48.5 Å². The van der Waals surface area contributed by atoms with Gasteiger partial charge in [-0.3, -0.25) is 40.5 Å². The van der Waals surface area contributed by atoms with Crippen LogP contribution in [0.1, 0.15) is 157 Å². The number of hydrogen-bond donors (Lipinski definition) is 4. The summed E-state index contributed by atoms with van der Waals surface area (Å²) in [4.78, 5) is 146. The first-order valence-electron chi connectivity index (χ1n) is 37.9. The molecule has 4 aliphatic heterocycles. The molecule has 0 fully saturated rings. The standard InChI is InChI=1S/4C21H26N2O7/c4*1-12(2)30-21(25)18-14(4)22-13(3)17(20(24)29-10-9-28-5)19(18)15-7-6-8-16(11-15)23(26)27/h4*6-8,11-12,19,22H,9-10H2,1-5H3. The number of nitrogens with zero attached hydrogens (tertiary/aromatic N) is 4. The van der Waals surface area contributed by atoms with Crippen LogP contribution in [0.2, 0.25) is 0 Å². The van der Waals surface area contributed by atoms with Gasteiger partial charge in [0.25, 0.3) is 22.7 Å². The molecule has 0 saturated heterocycles. The molecular formula is C84H104N8O28. The van der Waals surface area contributed by atoms with E-state index in [9.17, 15) is 78.8 Å². The molecule has 4 atom stereocenters. The minimum atomic E-state index is -0.882. The molecule has 648 valence electrons. The summed E-state index contributed by atoms with van der Waals surface area (Å²) in [5.74, 6) is -8.54. The van der Waals surface area contributed by atoms with Crippen LogP contribution < -0.4 is 21.3 Å². The van der Waals surface area contributed by atoms with Crippen LogP contribution in [0.4, 0.5) is 22.7 Å². The molecule has 0 amide bonds. The summed E-state index contributed by atoms with van der Waals surface area (Å²) in [5.41, 5.74) is 6.61. The number of esters is 8. The third-order valence-electron chi connectivity index (χ3n) is 17.9. The van der Waals surface area contributed by atoms with Gasteiger partial charge >= 0.3 is 47.8 Å². The van der Waals surface area contributed by atoms with Gasteiger partial charge < -0.3 is 78.1 Å². The lowest BCUT2D eigenvalue weighted by molar-refractivity contribution is -0.385. The molecule has 4 heterocycles. The Bertz CT molecular complexity index is 4200. The van der Waals surface area contributed by atoms with Crippen molar-refractivity contribution in [3.8, 4) is 0 Å². The van der Waals surface area contributed by atoms with Crippen LogP contribution in [0.15, 0.2) is 187 Å². The smallest absolute Gasteiger partial charge is 0.337 e. The van der Waals surface area contributed by atoms with Gasteiger partial charge in [0.2, 0.25) is 0 Å². The predicted octanol–water partition coefficient (Wildman–Crippen LogP) is 11.9. The van der Waals surface area contributed by atoms with Gasteiger partial charge in [-0.25, -0.2) is 38.4 Å². The van der Waals surface area contributed by atoms with E-state index in [1.807, 2.05) is 0 Å². The van der Waals surface area contributed by atoms with Crippen molar-refractivity contribution in [2.24, 2.45) is 0 Å². The summed E-state index contributed by atoms with van der Waals surface area (Å²) < 4.78 is 62.4. The number of nitrogens with one attached hydrogen (secondary N) is 4. The predicted molar refractivity (Wildman–Crippen MR) is 434 cm³/mol. The minimum absolute atomic E-state index is 0.0300. The molecule has 4 unspecified atom stereocenters. The summed E-state index contributed by atoms with van der Waals surface area (Å²) in [6.45, 7) is 28.2. The molecule has 4 aliphatic rings. The van der Waals surface area contributed by atoms with Gasteiger partial charge in [0.15, 0.2) is 0 Å². The number of methoxy groups -OCH3 is 4. The maximum absolute atomic E-state index is 12.9. The zero-order chi connectivity index (χ0) is 89.7. The summed E-state index contributed by atoms with van der Waals surface area (Å²) in [7, 11) is 5.94. The number of nitro groups is 4. The van der Waals surface area contributed by atoms with Gasteiger partial charge in [-0.2, -0.15) is 0 Å². The average Bonchev–Trinajstić information content (AvgIpc) is 0.781. The van der Waals surface area contributed by atoms with E-state index in [4.69, 9.17) is 56.8 Å². The van der Waals surface area contributed by atoms with Gasteiger partial charge in [0, 0.05) is 123 Å². The van der Waals surface area contributed by atoms with Gasteiger partial charge in [-0.05, 0) is 133 Å². The molecule has 0 aromatic heterocycles. The Morgan fingerprint density at radius 2 is 0.442 bits per heavy atom. The largest absolute Gasteiger partial charge is 0.460 e. The molecule has 0 spiro atoms. The second-order valence-corrected chi connectivity index (χ2v) is 28.3. The van der Waals surface area contributed by atoms with Crippen molar-refractivity contribution in [1.29, 1.82) is 0 Å². The van der Waals surface area contributed by atoms with Crippen molar-refractivity contribution in [2.75, 3.05) is 81.3 Å². The highest BCUT2D eigenvalue weighted by molar-refractivity contribution is 6.03. The second kappa shape index (κ2) is 46.4. The third-order valence-corrected chi connectivity index (χ3v) is 17.9. The molecule has 4 aromatic rings. The maximum atomic E-state index is 12.9. The first-order chi connectivity index (χ1) is 56.7. The van der Waals surface area contributed by atoms with Crippen LogP contribution in [0.25, 0.3) is 0 Å². The van der Waals surface area contributed by atoms with Crippen LogP contribution in [0.3, 0.4) is 0 Å². The van der Waals surface area contributed by atoms with E-state index < -0.39 is 91.1 Å². The molecule has 36 heteroatoms. The normalized spacial score (nSPS) is 16.4. The van der Waals surface area contributed by atoms with Crippen LogP contribution in [0, 0.1) is 40.5 Å². The number of dihydropyridines is 4. The molecule has 120 heavy (non-hydrogen) atoms. The average molecular weight is 1670 g/mol. The molecule has 0 radical (unpaired) electrons. The monoisotopic (exact) mass is 1670 g/mol. The van der Waals surface area contributed by atoms with Crippen LogP contribution >= 0.6 is 0 Å². The summed E-state index contributed by atoms with van der Waals surface area (Å²) >= 11 is 0. The van der Waals surface area contributed by atoms with Gasteiger partial charge in [0.05, 0.1) is 139 Å². The Morgan fingerprint density at radius 1 is 0.283 bits per heavy atom. The van der Waals surface area contributed by atoms with Crippen molar-refractivity contribution in [3.63, 3.8) is 0 Å². The van der Waals surface area contributed by atoms with E-state index in [-0.39, 0.29) is 145 Å². The number of rotatable bonds is 32. The molecule has 0 aliphatic carbocycles. The molecule has 4 N–H and O–H groups in total. The number of nitro benzene ring substituents is 4. The number of benzene rings is 4. The summed E-state index contributed by atoms with van der Waals surface area (Å²) in [6, 6.07) is 23.4. The van der Waals surface area contributed by atoms with Gasteiger partial charge in [0.1, 0.15) is 26.4 Å². The number of carbonyl (C=O) groups is 8. The highest BCUT2D eigenvalue weighted by Crippen LogP contribution is 2.45. The third kappa shape index (κ3) is 26.6. The highest BCUT2D eigenvalue weighted by Gasteiger charge is 2.44. The lowest BCUT2D eigenvalue weighted by Crippen LogP contribution is -2.33. The Balaban J connectivity index is 0.000000285. The zero-order valence-electron chi connectivity index (χ0n) is 70.7. The second-order valence-electron chi connectivity index (χ2n) is 28.3. The van der Waals surface area contributed by atoms with Crippen LogP contribution in [-0.2, 0) is 95.2 Å². The van der Waals surface area contributed by atoms with Crippen molar-refractivity contribution in [3.05, 3.63) is 250 Å². The Morgan fingerprint density at radius 3 is 0.583 bits per heavy atom. The fourth-order valence-corrected chi connectivity index (χ4v) is 13.0. The Kier molecular flexibility index (Phi) is 37.8. The molecule has 0 bridgehead atoms. The Labute approximate surface area is 693 Å². The molecule has 0 saturated carbocycles. The number of hydrogen-bond acceptors (Lipinski definition) is 32. The first-order valence-corrected chi connectivity index (χ1v) is 37.9. The van der Waals surface area contributed by atoms with Crippen molar-refractivity contribution in [2.45, 2.75) is 159 Å². The number of carbonyl (C=O) groups excluding carboxylic acids is 8. The fraction of sp³-hybridized carbons (Fsp3) is 0.429. The zero-order valence-corrected chi connectivity index (χ0v) is 70.7. The lowest BCUT2D eigenvalue weighted by atomic mass is 9.80.